The molecule has 2 amide bonds. The molecule has 0 atom stereocenters. The number of hydrogen-bond acceptors (Lipinski definition) is 7. The summed E-state index contributed by atoms with van der Waals surface area (Å²) >= 11 is 0. The number of aliphatic hydroxyl groups is 1. The fourth-order valence-corrected chi connectivity index (χ4v) is 5.14. The zero-order chi connectivity index (χ0) is 28.8. The molecule has 40 heavy (non-hydrogen) atoms. The number of carbonyl (C=O) groups excluding carboxylic acids is 3. The van der Waals surface area contributed by atoms with Gasteiger partial charge in [0.25, 0.3) is 0 Å². The minimum Gasteiger partial charge on any atom is -0.400 e. The summed E-state index contributed by atoms with van der Waals surface area (Å²) in [6, 6.07) is 8.93. The van der Waals surface area contributed by atoms with Crippen LogP contribution < -0.4 is 10.6 Å². The van der Waals surface area contributed by atoms with Crippen LogP contribution in [0.2, 0.25) is 0 Å². The number of aldehydes is 1. The number of likely N-dealkylation sites (tertiary alicyclic amines) is 1. The average Bonchev–Trinajstić information content (AvgIpc) is 3.51. The summed E-state index contributed by atoms with van der Waals surface area (Å²) in [4.78, 5) is 37.2. The number of aliphatic hydroxyl groups excluding tert-OH is 1. The number of aryl methyl sites for hydroxylation is 1. The molecule has 3 heterocycles. The molecule has 3 N–H and O–H groups in total. The van der Waals surface area contributed by atoms with Crippen molar-refractivity contribution in [2.75, 3.05) is 40.3 Å². The van der Waals surface area contributed by atoms with Gasteiger partial charge in [0.1, 0.15) is 18.6 Å². The number of carbonyl (C=O) groups is 3. The molecular weight excluding hydrogens is 517 g/mol. The van der Waals surface area contributed by atoms with E-state index in [1.807, 2.05) is 31.3 Å². The number of rotatable bonds is 8. The van der Waals surface area contributed by atoms with Gasteiger partial charge in [-0.25, -0.2) is 4.39 Å². The molecule has 2 aromatic carbocycles. The fourth-order valence-electron chi connectivity index (χ4n) is 5.14. The Hall–Kier alpha value is -4.16. The topological polar surface area (TPSA) is 134 Å². The number of aromatic nitrogens is 4. The molecule has 1 aliphatic rings. The zero-order valence-corrected chi connectivity index (χ0v) is 22.9. The largest absolute Gasteiger partial charge is 0.400 e. The Balaban J connectivity index is 0.00000181. The van der Waals surface area contributed by atoms with Crippen molar-refractivity contribution in [1.29, 1.82) is 0 Å². The highest BCUT2D eigenvalue weighted by Crippen LogP contribution is 2.39. The summed E-state index contributed by atoms with van der Waals surface area (Å²) in [5.74, 6) is -1.03. The van der Waals surface area contributed by atoms with Gasteiger partial charge in [0.05, 0.1) is 36.0 Å². The average molecular weight is 552 g/mol. The maximum Gasteiger partial charge on any atom is 0.242 e. The predicted molar refractivity (Wildman–Crippen MR) is 149 cm³/mol. The molecule has 0 radical (unpaired) electrons. The van der Waals surface area contributed by atoms with Crippen LogP contribution in [0.4, 0.5) is 4.39 Å². The van der Waals surface area contributed by atoms with Crippen molar-refractivity contribution >= 4 is 39.9 Å². The third-order valence-corrected chi connectivity index (χ3v) is 7.16. The first-order chi connectivity index (χ1) is 19.4. The van der Waals surface area contributed by atoms with Crippen molar-refractivity contribution in [2.24, 2.45) is 7.05 Å². The summed E-state index contributed by atoms with van der Waals surface area (Å²) in [5.41, 5.74) is 3.57. The number of piperidine rings is 1. The second-order valence-corrected chi connectivity index (χ2v) is 9.73. The van der Waals surface area contributed by atoms with E-state index in [2.05, 4.69) is 27.7 Å². The predicted octanol–water partition coefficient (Wildman–Crippen LogP) is 1.58. The van der Waals surface area contributed by atoms with E-state index >= 15 is 4.39 Å². The normalized spacial score (nSPS) is 14.1. The van der Waals surface area contributed by atoms with Crippen molar-refractivity contribution < 1.29 is 23.9 Å². The van der Waals surface area contributed by atoms with Crippen LogP contribution in [0.15, 0.2) is 36.5 Å². The van der Waals surface area contributed by atoms with Gasteiger partial charge in [0.2, 0.25) is 11.8 Å². The number of benzene rings is 2. The number of hydrogen-bond donors (Lipinski definition) is 3. The lowest BCUT2D eigenvalue weighted by Gasteiger charge is -2.28. The van der Waals surface area contributed by atoms with E-state index < -0.39 is 11.8 Å². The summed E-state index contributed by atoms with van der Waals surface area (Å²) in [6.45, 7) is 1.40. The highest BCUT2D eigenvalue weighted by Gasteiger charge is 2.27. The Morgan fingerprint density at radius 3 is 2.55 bits per heavy atom. The second-order valence-electron chi connectivity index (χ2n) is 9.73. The Morgan fingerprint density at radius 1 is 1.07 bits per heavy atom. The quantitative estimate of drug-likeness (QED) is 0.283. The molecule has 1 aliphatic heterocycles. The number of nitrogens with zero attached hydrogens (tertiary/aromatic N) is 5. The monoisotopic (exact) mass is 551 g/mol. The molecule has 4 aromatic rings. The van der Waals surface area contributed by atoms with E-state index in [4.69, 9.17) is 10.2 Å². The third-order valence-electron chi connectivity index (χ3n) is 7.16. The summed E-state index contributed by atoms with van der Waals surface area (Å²) in [6.07, 6.45) is 4.03. The summed E-state index contributed by atoms with van der Waals surface area (Å²) in [7, 11) is 4.91. The van der Waals surface area contributed by atoms with Crippen LogP contribution in [-0.2, 0) is 28.0 Å². The number of amides is 2. The van der Waals surface area contributed by atoms with E-state index in [1.54, 1.807) is 15.6 Å². The molecule has 2 aromatic heterocycles. The van der Waals surface area contributed by atoms with Gasteiger partial charge < -0.3 is 25.4 Å². The molecular formula is C28H34FN7O4. The highest BCUT2D eigenvalue weighted by atomic mass is 19.1. The van der Waals surface area contributed by atoms with Crippen molar-refractivity contribution in [2.45, 2.75) is 25.3 Å². The molecule has 1 fully saturated rings. The van der Waals surface area contributed by atoms with Crippen LogP contribution in [-0.4, -0.2) is 88.0 Å². The molecule has 212 valence electrons. The SMILES string of the molecule is CN1CCC(c2nn(CC(=O)NCC(=O)NCC=O)c3cccc(-c4cc5c(cnn5C)cc4F)c23)CC1.CO. The third kappa shape index (κ3) is 6.02. The summed E-state index contributed by atoms with van der Waals surface area (Å²) in [5, 5.41) is 22.7. The van der Waals surface area contributed by atoms with Crippen molar-refractivity contribution in [1.82, 2.24) is 35.1 Å². The van der Waals surface area contributed by atoms with E-state index in [0.29, 0.717) is 11.8 Å². The molecule has 0 spiro atoms. The molecule has 0 saturated carbocycles. The van der Waals surface area contributed by atoms with Crippen molar-refractivity contribution in [3.8, 4) is 11.1 Å². The standard InChI is InChI=1S/C27H30FN7O3.CH4O/c1-33-9-6-17(7-10-33)27-26-19(20-13-23-18(12-21(20)28)14-31-34(23)2)4-3-5-22(26)35(32-27)16-25(38)30-15-24(37)29-8-11-36;1-2/h3-5,11-14,17H,6-10,15-16H2,1-2H3,(H,29,37)(H,30,38);2H,1H3. The number of halogens is 1. The molecule has 11 nitrogen and oxygen atoms in total. The molecule has 0 bridgehead atoms. The van der Waals surface area contributed by atoms with Crippen LogP contribution in [0.3, 0.4) is 0 Å². The highest BCUT2D eigenvalue weighted by molar-refractivity contribution is 6.00. The molecule has 1 saturated heterocycles. The first kappa shape index (κ1) is 28.8. The Labute approximate surface area is 230 Å². The lowest BCUT2D eigenvalue weighted by molar-refractivity contribution is -0.126. The van der Waals surface area contributed by atoms with Crippen LogP contribution in [0.1, 0.15) is 24.5 Å². The van der Waals surface area contributed by atoms with E-state index in [-0.39, 0.29) is 31.4 Å². The van der Waals surface area contributed by atoms with Gasteiger partial charge in [0.15, 0.2) is 0 Å². The van der Waals surface area contributed by atoms with E-state index in [0.717, 1.165) is 66.1 Å². The van der Waals surface area contributed by atoms with Gasteiger partial charge in [-0.15, -0.1) is 0 Å². The Morgan fingerprint density at radius 2 is 1.82 bits per heavy atom. The van der Waals surface area contributed by atoms with Gasteiger partial charge in [-0.05, 0) is 56.7 Å². The van der Waals surface area contributed by atoms with Crippen LogP contribution in [0, 0.1) is 5.82 Å². The fraction of sp³-hybridized carbons (Fsp3) is 0.393. The molecule has 5 rings (SSSR count). The first-order valence-electron chi connectivity index (χ1n) is 13.1. The van der Waals surface area contributed by atoms with Gasteiger partial charge in [-0.2, -0.15) is 10.2 Å². The van der Waals surface area contributed by atoms with Crippen molar-refractivity contribution in [3.63, 3.8) is 0 Å². The van der Waals surface area contributed by atoms with Gasteiger partial charge in [-0.1, -0.05) is 12.1 Å². The lowest BCUT2D eigenvalue weighted by Crippen LogP contribution is -2.39. The van der Waals surface area contributed by atoms with Crippen LogP contribution in [0.25, 0.3) is 32.9 Å². The van der Waals surface area contributed by atoms with E-state index in [1.165, 1.54) is 6.07 Å². The van der Waals surface area contributed by atoms with Gasteiger partial charge in [-0.3, -0.25) is 19.0 Å². The second kappa shape index (κ2) is 12.8. The first-order valence-corrected chi connectivity index (χ1v) is 13.1. The van der Waals surface area contributed by atoms with Gasteiger partial charge >= 0.3 is 0 Å². The maximum absolute atomic E-state index is 15.5. The minimum absolute atomic E-state index is 0.100. The molecule has 12 heteroatoms. The van der Waals surface area contributed by atoms with Crippen LogP contribution >= 0.6 is 0 Å². The lowest BCUT2D eigenvalue weighted by atomic mass is 9.89. The van der Waals surface area contributed by atoms with Gasteiger partial charge in [0, 0.05) is 36.4 Å². The Kier molecular flexibility index (Phi) is 9.22. The maximum atomic E-state index is 15.5. The molecule has 0 aliphatic carbocycles. The van der Waals surface area contributed by atoms with Crippen LogP contribution in [0.5, 0.6) is 0 Å². The summed E-state index contributed by atoms with van der Waals surface area (Å²) < 4.78 is 18.8. The van der Waals surface area contributed by atoms with Crippen molar-refractivity contribution in [3.05, 3.63) is 48.0 Å². The number of nitrogens with one attached hydrogen (secondary N) is 2. The number of fused-ring (bicyclic) bond motifs is 2. The smallest absolute Gasteiger partial charge is 0.242 e. The zero-order valence-electron chi connectivity index (χ0n) is 22.9. The minimum atomic E-state index is -0.453. The Bertz CT molecular complexity index is 1520. The molecule has 0 unspecified atom stereocenters. The van der Waals surface area contributed by atoms with E-state index in [9.17, 15) is 14.4 Å².